The van der Waals surface area contributed by atoms with Crippen molar-refractivity contribution in [2.24, 2.45) is 0 Å². The molecule has 0 aliphatic carbocycles. The van der Waals surface area contributed by atoms with E-state index in [9.17, 15) is 0 Å². The largest absolute Gasteiger partial charge is 0.304 e. The number of rotatable bonds is 6. The van der Waals surface area contributed by atoms with Crippen LogP contribution in [0.1, 0.15) is 30.0 Å². The molecule has 1 N–H and O–H groups in total. The van der Waals surface area contributed by atoms with Crippen LogP contribution in [0.4, 0.5) is 0 Å². The third-order valence-electron chi connectivity index (χ3n) is 3.37. The molecular weight excluding hydrogens is 280 g/mol. The minimum atomic E-state index is 0.310. The molecule has 1 aromatic carbocycles. The Morgan fingerprint density at radius 3 is 2.86 bits per heavy atom. The molecule has 5 heteroatoms. The summed E-state index contributed by atoms with van der Waals surface area (Å²) in [5, 5.41) is 11.1. The van der Waals surface area contributed by atoms with Crippen LogP contribution in [-0.4, -0.2) is 14.8 Å². The number of nitrogens with zero attached hydrogens (tertiary/aromatic N) is 3. The maximum absolute atomic E-state index is 4.42. The summed E-state index contributed by atoms with van der Waals surface area (Å²) in [6.07, 6.45) is 6.86. The van der Waals surface area contributed by atoms with Crippen molar-refractivity contribution in [2.45, 2.75) is 25.9 Å². The number of aromatic nitrogens is 3. The zero-order valence-electron chi connectivity index (χ0n) is 11.9. The SMILES string of the molecule is CCC(NCc1cnn(-c2ccccc2)c1)c1nccs1. The van der Waals surface area contributed by atoms with E-state index >= 15 is 0 Å². The molecule has 0 spiro atoms. The highest BCUT2D eigenvalue weighted by atomic mass is 32.1. The van der Waals surface area contributed by atoms with Crippen LogP contribution in [0.2, 0.25) is 0 Å². The zero-order valence-corrected chi connectivity index (χ0v) is 12.8. The van der Waals surface area contributed by atoms with E-state index in [-0.39, 0.29) is 0 Å². The molecule has 21 heavy (non-hydrogen) atoms. The number of hydrogen-bond acceptors (Lipinski definition) is 4. The van der Waals surface area contributed by atoms with Crippen molar-refractivity contribution in [3.63, 3.8) is 0 Å². The zero-order chi connectivity index (χ0) is 14.5. The lowest BCUT2D eigenvalue weighted by Gasteiger charge is -2.13. The molecule has 0 aliphatic heterocycles. The van der Waals surface area contributed by atoms with Crippen LogP contribution in [0.25, 0.3) is 5.69 Å². The van der Waals surface area contributed by atoms with Crippen LogP contribution >= 0.6 is 11.3 Å². The smallest absolute Gasteiger partial charge is 0.109 e. The number of nitrogens with one attached hydrogen (secondary N) is 1. The average molecular weight is 298 g/mol. The highest BCUT2D eigenvalue weighted by Gasteiger charge is 2.11. The Kier molecular flexibility index (Phi) is 4.43. The van der Waals surface area contributed by atoms with E-state index in [0.29, 0.717) is 6.04 Å². The topological polar surface area (TPSA) is 42.7 Å². The molecule has 2 aromatic heterocycles. The van der Waals surface area contributed by atoms with Gasteiger partial charge < -0.3 is 5.32 Å². The van der Waals surface area contributed by atoms with E-state index in [1.807, 2.05) is 40.7 Å². The molecule has 1 unspecified atom stereocenters. The summed E-state index contributed by atoms with van der Waals surface area (Å²) in [6.45, 7) is 2.97. The van der Waals surface area contributed by atoms with E-state index < -0.39 is 0 Å². The van der Waals surface area contributed by atoms with Gasteiger partial charge in [0.05, 0.1) is 17.9 Å². The molecule has 3 rings (SSSR count). The maximum Gasteiger partial charge on any atom is 0.109 e. The van der Waals surface area contributed by atoms with Gasteiger partial charge in [-0.05, 0) is 18.6 Å². The third-order valence-corrected chi connectivity index (χ3v) is 4.26. The van der Waals surface area contributed by atoms with Gasteiger partial charge in [0.1, 0.15) is 5.01 Å². The molecule has 4 nitrogen and oxygen atoms in total. The lowest BCUT2D eigenvalue weighted by Crippen LogP contribution is -2.19. The quantitative estimate of drug-likeness (QED) is 0.756. The Morgan fingerprint density at radius 2 is 2.14 bits per heavy atom. The average Bonchev–Trinajstić information content (AvgIpc) is 3.20. The Hall–Kier alpha value is -1.98. The Balaban J connectivity index is 1.65. The summed E-state index contributed by atoms with van der Waals surface area (Å²) in [5.74, 6) is 0. The Morgan fingerprint density at radius 1 is 1.29 bits per heavy atom. The second kappa shape index (κ2) is 6.65. The normalized spacial score (nSPS) is 12.4. The molecule has 0 saturated heterocycles. The number of benzene rings is 1. The first-order valence-electron chi connectivity index (χ1n) is 7.08. The molecule has 0 aliphatic rings. The van der Waals surface area contributed by atoms with Gasteiger partial charge in [0.15, 0.2) is 0 Å². The fourth-order valence-electron chi connectivity index (χ4n) is 2.23. The van der Waals surface area contributed by atoms with Crippen molar-refractivity contribution < 1.29 is 0 Å². The molecule has 108 valence electrons. The molecular formula is C16H18N4S. The van der Waals surface area contributed by atoms with Gasteiger partial charge in [-0.1, -0.05) is 25.1 Å². The van der Waals surface area contributed by atoms with Crippen molar-refractivity contribution in [2.75, 3.05) is 0 Å². The first kappa shape index (κ1) is 14.0. The first-order valence-corrected chi connectivity index (χ1v) is 7.96. The molecule has 0 fully saturated rings. The second-order valence-corrected chi connectivity index (χ2v) is 5.77. The molecule has 1 atom stereocenters. The Bertz CT molecular complexity index is 661. The van der Waals surface area contributed by atoms with E-state index in [0.717, 1.165) is 23.7 Å². The highest BCUT2D eigenvalue weighted by molar-refractivity contribution is 7.09. The summed E-state index contributed by atoms with van der Waals surface area (Å²) in [6, 6.07) is 10.5. The Labute approximate surface area is 128 Å². The van der Waals surface area contributed by atoms with Crippen molar-refractivity contribution in [3.05, 3.63) is 64.9 Å². The van der Waals surface area contributed by atoms with Crippen LogP contribution < -0.4 is 5.32 Å². The van der Waals surface area contributed by atoms with Gasteiger partial charge in [-0.3, -0.25) is 0 Å². The van der Waals surface area contributed by atoms with E-state index in [1.165, 1.54) is 5.56 Å². The summed E-state index contributed by atoms with van der Waals surface area (Å²) >= 11 is 1.70. The van der Waals surface area contributed by atoms with Gasteiger partial charge in [0.25, 0.3) is 0 Å². The third kappa shape index (κ3) is 3.37. The summed E-state index contributed by atoms with van der Waals surface area (Å²) < 4.78 is 1.90. The maximum atomic E-state index is 4.42. The standard InChI is InChI=1S/C16H18N4S/c1-2-15(16-17-8-9-21-16)18-10-13-11-19-20(12-13)14-6-4-3-5-7-14/h3-9,11-12,15,18H,2,10H2,1H3. The molecule has 0 saturated carbocycles. The van der Waals surface area contributed by atoms with E-state index in [2.05, 4.69) is 40.7 Å². The molecule has 0 bridgehead atoms. The van der Waals surface area contributed by atoms with Crippen LogP contribution in [0, 0.1) is 0 Å². The first-order chi connectivity index (χ1) is 10.4. The predicted molar refractivity (Wildman–Crippen MR) is 85.5 cm³/mol. The summed E-state index contributed by atoms with van der Waals surface area (Å²) in [7, 11) is 0. The van der Waals surface area contributed by atoms with Crippen LogP contribution in [0.3, 0.4) is 0 Å². The number of para-hydroxylation sites is 1. The molecule has 2 heterocycles. The fraction of sp³-hybridized carbons (Fsp3) is 0.250. The van der Waals surface area contributed by atoms with Crippen molar-refractivity contribution in [1.82, 2.24) is 20.1 Å². The lowest BCUT2D eigenvalue weighted by atomic mass is 10.2. The molecule has 0 radical (unpaired) electrons. The van der Waals surface area contributed by atoms with Crippen molar-refractivity contribution >= 4 is 11.3 Å². The molecule has 3 aromatic rings. The van der Waals surface area contributed by atoms with Gasteiger partial charge in [-0.25, -0.2) is 9.67 Å². The minimum absolute atomic E-state index is 0.310. The fourth-order valence-corrected chi connectivity index (χ4v) is 3.02. The number of thiazole rings is 1. The van der Waals surface area contributed by atoms with Gasteiger partial charge in [0, 0.05) is 29.9 Å². The monoisotopic (exact) mass is 298 g/mol. The van der Waals surface area contributed by atoms with Crippen LogP contribution in [0.15, 0.2) is 54.3 Å². The lowest BCUT2D eigenvalue weighted by molar-refractivity contribution is 0.516. The van der Waals surface area contributed by atoms with E-state index in [4.69, 9.17) is 0 Å². The predicted octanol–water partition coefficient (Wildman–Crippen LogP) is 3.57. The van der Waals surface area contributed by atoms with Gasteiger partial charge in [-0.15, -0.1) is 11.3 Å². The van der Waals surface area contributed by atoms with Crippen LogP contribution in [0.5, 0.6) is 0 Å². The van der Waals surface area contributed by atoms with Crippen molar-refractivity contribution in [1.29, 1.82) is 0 Å². The van der Waals surface area contributed by atoms with E-state index in [1.54, 1.807) is 11.3 Å². The van der Waals surface area contributed by atoms with Gasteiger partial charge in [0.2, 0.25) is 0 Å². The summed E-state index contributed by atoms with van der Waals surface area (Å²) in [4.78, 5) is 4.39. The van der Waals surface area contributed by atoms with Gasteiger partial charge >= 0.3 is 0 Å². The second-order valence-electron chi connectivity index (χ2n) is 4.84. The van der Waals surface area contributed by atoms with Crippen LogP contribution in [-0.2, 0) is 6.54 Å². The van der Waals surface area contributed by atoms with Gasteiger partial charge in [-0.2, -0.15) is 5.10 Å². The minimum Gasteiger partial charge on any atom is -0.304 e. The number of hydrogen-bond donors (Lipinski definition) is 1. The van der Waals surface area contributed by atoms with Crippen molar-refractivity contribution in [3.8, 4) is 5.69 Å². The summed E-state index contributed by atoms with van der Waals surface area (Å²) in [5.41, 5.74) is 2.25. The highest BCUT2D eigenvalue weighted by Crippen LogP contribution is 2.19. The molecule has 0 amide bonds.